The van der Waals surface area contributed by atoms with Gasteiger partial charge in [-0.3, -0.25) is 0 Å². The van der Waals surface area contributed by atoms with Crippen LogP contribution in [0.15, 0.2) is 51.8 Å². The number of rotatable bonds is 5. The molecule has 0 aliphatic carbocycles. The summed E-state index contributed by atoms with van der Waals surface area (Å²) < 4.78 is 26.6. The molecule has 0 amide bonds. The molecule has 20 heavy (non-hydrogen) atoms. The Kier molecular flexibility index (Phi) is 5.57. The van der Waals surface area contributed by atoms with Gasteiger partial charge in [0.2, 0.25) is 0 Å². The van der Waals surface area contributed by atoms with Crippen LogP contribution in [0.5, 0.6) is 0 Å². The Labute approximate surface area is 129 Å². The monoisotopic (exact) mass is 358 g/mol. The molecule has 0 saturated carbocycles. The zero-order valence-corrected chi connectivity index (χ0v) is 12.9. The highest BCUT2D eigenvalue weighted by atomic mass is 79.9. The summed E-state index contributed by atoms with van der Waals surface area (Å²) in [6, 6.07) is 10.7. The average Bonchev–Trinajstić information content (AvgIpc) is 2.40. The van der Waals surface area contributed by atoms with Crippen molar-refractivity contribution < 1.29 is 13.9 Å². The third kappa shape index (κ3) is 4.58. The first-order valence-electron chi connectivity index (χ1n) is 6.05. The first-order chi connectivity index (χ1) is 9.54. The van der Waals surface area contributed by atoms with Crippen molar-refractivity contribution in [1.29, 1.82) is 0 Å². The summed E-state index contributed by atoms with van der Waals surface area (Å²) in [6.45, 7) is 0. The first-order valence-corrected chi connectivity index (χ1v) is 7.83. The van der Waals surface area contributed by atoms with E-state index >= 15 is 0 Å². The molecule has 5 heteroatoms. The molecular formula is C15H13BrF2OS. The number of aliphatic hydroxyl groups excluding tert-OH is 1. The summed E-state index contributed by atoms with van der Waals surface area (Å²) in [5.41, 5.74) is 0.846. The molecule has 106 valence electrons. The SMILES string of the molecule is OC(CSc1cccc(F)c1)Cc1ccc(F)cc1Br. The number of hydrogen-bond acceptors (Lipinski definition) is 2. The van der Waals surface area contributed by atoms with E-state index in [1.54, 1.807) is 18.2 Å². The second-order valence-corrected chi connectivity index (χ2v) is 6.31. The highest BCUT2D eigenvalue weighted by Crippen LogP contribution is 2.23. The maximum absolute atomic E-state index is 13.0. The van der Waals surface area contributed by atoms with Crippen LogP contribution in [0.4, 0.5) is 8.78 Å². The minimum Gasteiger partial charge on any atom is -0.392 e. The third-order valence-corrected chi connectivity index (χ3v) is 4.59. The summed E-state index contributed by atoms with van der Waals surface area (Å²) in [7, 11) is 0. The lowest BCUT2D eigenvalue weighted by Crippen LogP contribution is -2.13. The molecule has 0 heterocycles. The molecule has 2 aromatic rings. The first kappa shape index (κ1) is 15.5. The fourth-order valence-electron chi connectivity index (χ4n) is 1.75. The van der Waals surface area contributed by atoms with Crippen LogP contribution in [0.25, 0.3) is 0 Å². The fourth-order valence-corrected chi connectivity index (χ4v) is 3.14. The van der Waals surface area contributed by atoms with E-state index in [-0.39, 0.29) is 11.6 Å². The molecule has 2 aromatic carbocycles. The zero-order chi connectivity index (χ0) is 14.5. The molecule has 0 bridgehead atoms. The molecule has 0 aromatic heterocycles. The van der Waals surface area contributed by atoms with Crippen molar-refractivity contribution in [2.24, 2.45) is 0 Å². The Bertz CT molecular complexity index is 592. The summed E-state index contributed by atoms with van der Waals surface area (Å²) in [5.74, 6) is -0.150. The van der Waals surface area contributed by atoms with Gasteiger partial charge in [-0.15, -0.1) is 11.8 Å². The molecule has 0 radical (unpaired) electrons. The second-order valence-electron chi connectivity index (χ2n) is 4.36. The van der Waals surface area contributed by atoms with Crippen molar-refractivity contribution >= 4 is 27.7 Å². The van der Waals surface area contributed by atoms with Crippen LogP contribution in [0.2, 0.25) is 0 Å². The third-order valence-electron chi connectivity index (χ3n) is 2.71. The number of benzene rings is 2. The van der Waals surface area contributed by atoms with E-state index in [1.807, 2.05) is 0 Å². The lowest BCUT2D eigenvalue weighted by Gasteiger charge is -2.12. The van der Waals surface area contributed by atoms with E-state index in [9.17, 15) is 13.9 Å². The van der Waals surface area contributed by atoms with E-state index in [4.69, 9.17) is 0 Å². The molecule has 0 spiro atoms. The van der Waals surface area contributed by atoms with Gasteiger partial charge in [0.15, 0.2) is 0 Å². The summed E-state index contributed by atoms with van der Waals surface area (Å²) in [4.78, 5) is 0.780. The predicted molar refractivity (Wildman–Crippen MR) is 80.9 cm³/mol. The summed E-state index contributed by atoms with van der Waals surface area (Å²) in [6.07, 6.45) is -0.159. The molecule has 0 fully saturated rings. The standard InChI is InChI=1S/C15H13BrF2OS/c16-15-8-12(18)5-4-10(15)6-13(19)9-20-14-3-1-2-11(17)7-14/h1-5,7-8,13,19H,6,9H2. The normalized spacial score (nSPS) is 12.4. The topological polar surface area (TPSA) is 20.2 Å². The molecule has 1 nitrogen and oxygen atoms in total. The van der Waals surface area contributed by atoms with Gasteiger partial charge < -0.3 is 5.11 Å². The summed E-state index contributed by atoms with van der Waals surface area (Å²) in [5, 5.41) is 10.00. The van der Waals surface area contributed by atoms with Gasteiger partial charge in [-0.05, 0) is 35.9 Å². The Morgan fingerprint density at radius 1 is 1.10 bits per heavy atom. The van der Waals surface area contributed by atoms with Crippen molar-refractivity contribution in [2.75, 3.05) is 5.75 Å². The van der Waals surface area contributed by atoms with Crippen LogP contribution >= 0.6 is 27.7 Å². The minimum atomic E-state index is -0.579. The van der Waals surface area contributed by atoms with Gasteiger partial charge in [-0.25, -0.2) is 8.78 Å². The maximum atomic E-state index is 13.0. The van der Waals surface area contributed by atoms with Crippen molar-refractivity contribution in [3.63, 3.8) is 0 Å². The van der Waals surface area contributed by atoms with Crippen molar-refractivity contribution in [2.45, 2.75) is 17.4 Å². The van der Waals surface area contributed by atoms with E-state index in [2.05, 4.69) is 15.9 Å². The average molecular weight is 359 g/mol. The molecule has 1 atom stereocenters. The zero-order valence-electron chi connectivity index (χ0n) is 10.5. The lowest BCUT2D eigenvalue weighted by molar-refractivity contribution is 0.200. The van der Waals surface area contributed by atoms with Gasteiger partial charge in [0.05, 0.1) is 6.10 Å². The largest absolute Gasteiger partial charge is 0.392 e. The van der Waals surface area contributed by atoms with Gasteiger partial charge in [0.1, 0.15) is 11.6 Å². The second kappa shape index (κ2) is 7.20. The van der Waals surface area contributed by atoms with Crippen molar-refractivity contribution in [3.05, 3.63) is 64.1 Å². The van der Waals surface area contributed by atoms with E-state index in [0.717, 1.165) is 10.5 Å². The molecule has 1 N–H and O–H groups in total. The van der Waals surface area contributed by atoms with Crippen LogP contribution in [0.3, 0.4) is 0 Å². The van der Waals surface area contributed by atoms with E-state index < -0.39 is 6.10 Å². The van der Waals surface area contributed by atoms with Gasteiger partial charge >= 0.3 is 0 Å². The lowest BCUT2D eigenvalue weighted by atomic mass is 10.1. The number of hydrogen-bond donors (Lipinski definition) is 1. The molecular weight excluding hydrogens is 346 g/mol. The van der Waals surface area contributed by atoms with Crippen LogP contribution < -0.4 is 0 Å². The molecule has 0 aliphatic rings. The van der Waals surface area contributed by atoms with Gasteiger partial charge in [0.25, 0.3) is 0 Å². The van der Waals surface area contributed by atoms with Gasteiger partial charge in [-0.2, -0.15) is 0 Å². The Balaban J connectivity index is 1.90. The van der Waals surface area contributed by atoms with Crippen LogP contribution in [0, 0.1) is 11.6 Å². The van der Waals surface area contributed by atoms with Crippen molar-refractivity contribution in [1.82, 2.24) is 0 Å². The van der Waals surface area contributed by atoms with Crippen LogP contribution in [-0.4, -0.2) is 17.0 Å². The smallest absolute Gasteiger partial charge is 0.124 e. The molecule has 1 unspecified atom stereocenters. The van der Waals surface area contributed by atoms with Gasteiger partial charge in [0, 0.05) is 21.5 Å². The minimum absolute atomic E-state index is 0.286. The van der Waals surface area contributed by atoms with Gasteiger partial charge in [-0.1, -0.05) is 28.1 Å². The number of aliphatic hydroxyl groups is 1. The number of thioether (sulfide) groups is 1. The highest BCUT2D eigenvalue weighted by molar-refractivity contribution is 9.10. The van der Waals surface area contributed by atoms with Crippen molar-refractivity contribution in [3.8, 4) is 0 Å². The number of halogens is 3. The van der Waals surface area contributed by atoms with Crippen LogP contribution in [-0.2, 0) is 6.42 Å². The van der Waals surface area contributed by atoms with E-state index in [1.165, 1.54) is 36.0 Å². The summed E-state index contributed by atoms with van der Waals surface area (Å²) >= 11 is 4.67. The molecule has 0 aliphatic heterocycles. The molecule has 2 rings (SSSR count). The Morgan fingerprint density at radius 2 is 1.85 bits per heavy atom. The predicted octanol–water partition coefficient (Wildman–Crippen LogP) is 4.42. The van der Waals surface area contributed by atoms with E-state index in [0.29, 0.717) is 16.6 Å². The Hall–Kier alpha value is -0.910. The van der Waals surface area contributed by atoms with Crippen LogP contribution in [0.1, 0.15) is 5.56 Å². The fraction of sp³-hybridized carbons (Fsp3) is 0.200. The maximum Gasteiger partial charge on any atom is 0.124 e. The molecule has 0 saturated heterocycles. The Morgan fingerprint density at radius 3 is 2.55 bits per heavy atom. The highest BCUT2D eigenvalue weighted by Gasteiger charge is 2.10. The quantitative estimate of drug-likeness (QED) is 0.798.